The van der Waals surface area contributed by atoms with Crippen LogP contribution in [0.5, 0.6) is 0 Å². The summed E-state index contributed by atoms with van der Waals surface area (Å²) >= 11 is 0. The molecule has 1 heterocycles. The van der Waals surface area contributed by atoms with Gasteiger partial charge in [0, 0.05) is 30.8 Å². The van der Waals surface area contributed by atoms with E-state index >= 15 is 0 Å². The highest BCUT2D eigenvalue weighted by Gasteiger charge is 2.18. The molecule has 2 rings (SSSR count). The Bertz CT molecular complexity index is 567. The van der Waals surface area contributed by atoms with Crippen LogP contribution >= 0.6 is 0 Å². The zero-order valence-corrected chi connectivity index (χ0v) is 12.1. The fourth-order valence-electron chi connectivity index (χ4n) is 2.12. The van der Waals surface area contributed by atoms with Gasteiger partial charge >= 0.3 is 5.97 Å². The molecule has 0 aromatic heterocycles. The van der Waals surface area contributed by atoms with Crippen molar-refractivity contribution < 1.29 is 24.2 Å². The molecule has 118 valence electrons. The summed E-state index contributed by atoms with van der Waals surface area (Å²) in [4.78, 5) is 36.1. The topological polar surface area (TPSA) is 95.9 Å². The normalized spacial score (nSPS) is 14.5. The third-order valence-corrected chi connectivity index (χ3v) is 3.26. The Labute approximate surface area is 127 Å². The molecule has 0 unspecified atom stereocenters. The summed E-state index contributed by atoms with van der Waals surface area (Å²) in [6.07, 6.45) is -0.324. The van der Waals surface area contributed by atoms with Gasteiger partial charge in [-0.15, -0.1) is 0 Å². The van der Waals surface area contributed by atoms with Crippen molar-refractivity contribution in [1.29, 1.82) is 0 Å². The van der Waals surface area contributed by atoms with Gasteiger partial charge in [-0.3, -0.25) is 14.4 Å². The lowest BCUT2D eigenvalue weighted by Crippen LogP contribution is -2.40. The van der Waals surface area contributed by atoms with Gasteiger partial charge in [0.2, 0.25) is 5.91 Å². The number of carboxylic acids is 1. The van der Waals surface area contributed by atoms with Gasteiger partial charge in [0.15, 0.2) is 0 Å². The largest absolute Gasteiger partial charge is 0.481 e. The SMILES string of the molecule is O=C(O)CCC(=O)Nc1cccc(C(=O)N2CCOCC2)c1. The van der Waals surface area contributed by atoms with Crippen molar-refractivity contribution in [3.05, 3.63) is 29.8 Å². The van der Waals surface area contributed by atoms with E-state index in [0.717, 1.165) is 0 Å². The Morgan fingerprint density at radius 3 is 2.59 bits per heavy atom. The predicted octanol–water partition coefficient (Wildman–Crippen LogP) is 0.962. The highest BCUT2D eigenvalue weighted by Crippen LogP contribution is 2.14. The van der Waals surface area contributed by atoms with Crippen LogP contribution in [0.4, 0.5) is 5.69 Å². The Morgan fingerprint density at radius 2 is 1.91 bits per heavy atom. The average Bonchev–Trinajstić information content (AvgIpc) is 2.53. The number of aliphatic carboxylic acids is 1. The molecule has 2 amide bonds. The molecular weight excluding hydrogens is 288 g/mol. The summed E-state index contributed by atoms with van der Waals surface area (Å²) in [5, 5.41) is 11.1. The molecule has 2 N–H and O–H groups in total. The van der Waals surface area contributed by atoms with Crippen LogP contribution in [0.15, 0.2) is 24.3 Å². The number of carbonyl (C=O) groups excluding carboxylic acids is 2. The van der Waals surface area contributed by atoms with Crippen LogP contribution in [0.25, 0.3) is 0 Å². The molecule has 1 fully saturated rings. The third-order valence-electron chi connectivity index (χ3n) is 3.26. The van der Waals surface area contributed by atoms with Gasteiger partial charge in [0.25, 0.3) is 5.91 Å². The van der Waals surface area contributed by atoms with Crippen LogP contribution < -0.4 is 5.32 Å². The van der Waals surface area contributed by atoms with E-state index in [0.29, 0.717) is 37.6 Å². The van der Waals surface area contributed by atoms with Crippen molar-refractivity contribution >= 4 is 23.5 Å². The van der Waals surface area contributed by atoms with Crippen LogP contribution in [0.1, 0.15) is 23.2 Å². The van der Waals surface area contributed by atoms with Gasteiger partial charge in [-0.25, -0.2) is 0 Å². The number of morpholine rings is 1. The zero-order chi connectivity index (χ0) is 15.9. The molecule has 0 bridgehead atoms. The molecule has 1 aliphatic heterocycles. The number of nitrogens with one attached hydrogen (secondary N) is 1. The lowest BCUT2D eigenvalue weighted by atomic mass is 10.1. The minimum Gasteiger partial charge on any atom is -0.481 e. The van der Waals surface area contributed by atoms with Gasteiger partial charge in [-0.1, -0.05) is 6.07 Å². The molecule has 7 heteroatoms. The summed E-state index contributed by atoms with van der Waals surface area (Å²) in [5.74, 6) is -1.52. The molecule has 0 aliphatic carbocycles. The lowest BCUT2D eigenvalue weighted by molar-refractivity contribution is -0.138. The number of ether oxygens (including phenoxy) is 1. The average molecular weight is 306 g/mol. The quantitative estimate of drug-likeness (QED) is 0.845. The van der Waals surface area contributed by atoms with E-state index in [-0.39, 0.29) is 18.7 Å². The Morgan fingerprint density at radius 1 is 1.18 bits per heavy atom. The molecule has 7 nitrogen and oxygen atoms in total. The monoisotopic (exact) mass is 306 g/mol. The number of hydrogen-bond donors (Lipinski definition) is 2. The maximum atomic E-state index is 12.3. The lowest BCUT2D eigenvalue weighted by Gasteiger charge is -2.27. The van der Waals surface area contributed by atoms with E-state index in [1.165, 1.54) is 0 Å². The Balaban J connectivity index is 1.98. The fraction of sp³-hybridized carbons (Fsp3) is 0.400. The molecule has 0 radical (unpaired) electrons. The second-order valence-corrected chi connectivity index (χ2v) is 4.93. The summed E-state index contributed by atoms with van der Waals surface area (Å²) in [6, 6.07) is 6.62. The minimum absolute atomic E-state index is 0.100. The van der Waals surface area contributed by atoms with Crippen LogP contribution in [0.3, 0.4) is 0 Å². The standard InChI is InChI=1S/C15H18N2O5/c18-13(4-5-14(19)20)16-12-3-1-2-11(10-12)15(21)17-6-8-22-9-7-17/h1-3,10H,4-9H2,(H,16,18)(H,19,20). The summed E-state index contributed by atoms with van der Waals surface area (Å²) in [5.41, 5.74) is 0.965. The fourth-order valence-corrected chi connectivity index (χ4v) is 2.12. The Hall–Kier alpha value is -2.41. The van der Waals surface area contributed by atoms with E-state index in [9.17, 15) is 14.4 Å². The van der Waals surface area contributed by atoms with Gasteiger partial charge in [-0.2, -0.15) is 0 Å². The highest BCUT2D eigenvalue weighted by molar-refractivity contribution is 5.97. The van der Waals surface area contributed by atoms with E-state index < -0.39 is 11.9 Å². The maximum Gasteiger partial charge on any atom is 0.303 e. The molecule has 1 aliphatic rings. The zero-order valence-electron chi connectivity index (χ0n) is 12.1. The first-order valence-electron chi connectivity index (χ1n) is 7.05. The maximum absolute atomic E-state index is 12.3. The first-order valence-corrected chi connectivity index (χ1v) is 7.05. The van der Waals surface area contributed by atoms with Gasteiger partial charge in [0.1, 0.15) is 0 Å². The van der Waals surface area contributed by atoms with Crippen molar-refractivity contribution in [3.63, 3.8) is 0 Å². The van der Waals surface area contributed by atoms with Gasteiger partial charge < -0.3 is 20.1 Å². The molecule has 1 aromatic carbocycles. The van der Waals surface area contributed by atoms with E-state index in [2.05, 4.69) is 5.32 Å². The molecule has 0 spiro atoms. The number of carbonyl (C=O) groups is 3. The van der Waals surface area contributed by atoms with Crippen LogP contribution in [-0.4, -0.2) is 54.1 Å². The molecule has 22 heavy (non-hydrogen) atoms. The van der Waals surface area contributed by atoms with Crippen molar-refractivity contribution in [2.75, 3.05) is 31.6 Å². The Kier molecular flexibility index (Phi) is 5.48. The number of amides is 2. The molecular formula is C15H18N2O5. The van der Waals surface area contributed by atoms with Gasteiger partial charge in [-0.05, 0) is 18.2 Å². The van der Waals surface area contributed by atoms with E-state index in [1.54, 1.807) is 29.2 Å². The van der Waals surface area contributed by atoms with E-state index in [1.807, 2.05) is 0 Å². The highest BCUT2D eigenvalue weighted by atomic mass is 16.5. The molecule has 1 saturated heterocycles. The molecule has 0 saturated carbocycles. The van der Waals surface area contributed by atoms with Crippen molar-refractivity contribution in [2.24, 2.45) is 0 Å². The predicted molar refractivity (Wildman–Crippen MR) is 78.7 cm³/mol. The van der Waals surface area contributed by atoms with Gasteiger partial charge in [0.05, 0.1) is 19.6 Å². The molecule has 0 atom stereocenters. The third kappa shape index (κ3) is 4.56. The number of carboxylic acid groups (broad SMARTS) is 1. The van der Waals surface area contributed by atoms with Crippen molar-refractivity contribution in [3.8, 4) is 0 Å². The first kappa shape index (κ1) is 16.0. The van der Waals surface area contributed by atoms with Crippen molar-refractivity contribution in [1.82, 2.24) is 4.90 Å². The van der Waals surface area contributed by atoms with E-state index in [4.69, 9.17) is 9.84 Å². The molecule has 1 aromatic rings. The first-order chi connectivity index (χ1) is 10.6. The van der Waals surface area contributed by atoms with Crippen LogP contribution in [-0.2, 0) is 14.3 Å². The minimum atomic E-state index is -1.02. The number of benzene rings is 1. The second-order valence-electron chi connectivity index (χ2n) is 4.93. The summed E-state index contributed by atoms with van der Waals surface area (Å²) < 4.78 is 5.21. The summed E-state index contributed by atoms with van der Waals surface area (Å²) in [6.45, 7) is 2.15. The number of hydrogen-bond acceptors (Lipinski definition) is 4. The second kappa shape index (κ2) is 7.56. The smallest absolute Gasteiger partial charge is 0.303 e. The number of anilines is 1. The van der Waals surface area contributed by atoms with Crippen LogP contribution in [0.2, 0.25) is 0 Å². The summed E-state index contributed by atoms with van der Waals surface area (Å²) in [7, 11) is 0. The number of nitrogens with zero attached hydrogens (tertiary/aromatic N) is 1. The van der Waals surface area contributed by atoms with Crippen LogP contribution in [0, 0.1) is 0 Å². The van der Waals surface area contributed by atoms with Crippen molar-refractivity contribution in [2.45, 2.75) is 12.8 Å². The number of rotatable bonds is 5.